The van der Waals surface area contributed by atoms with Gasteiger partial charge in [0.25, 0.3) is 0 Å². The monoisotopic (exact) mass is 292 g/mol. The molecule has 0 amide bonds. The molecule has 1 aromatic carbocycles. The van der Waals surface area contributed by atoms with Gasteiger partial charge in [0.2, 0.25) is 0 Å². The lowest BCUT2D eigenvalue weighted by Gasteiger charge is -2.14. The Morgan fingerprint density at radius 1 is 1.19 bits per heavy atom. The van der Waals surface area contributed by atoms with E-state index in [0.29, 0.717) is 0 Å². The highest BCUT2D eigenvalue weighted by molar-refractivity contribution is 5.28. The van der Waals surface area contributed by atoms with Crippen LogP contribution in [0.2, 0.25) is 0 Å². The van der Waals surface area contributed by atoms with Crippen molar-refractivity contribution in [1.82, 2.24) is 10.2 Å². The maximum absolute atomic E-state index is 5.85. The Balaban J connectivity index is 1.63. The minimum absolute atomic E-state index is 0.743. The number of nitrogens with one attached hydrogen (secondary N) is 1. The van der Waals surface area contributed by atoms with Crippen LogP contribution in [0.1, 0.15) is 24.8 Å². The van der Waals surface area contributed by atoms with Crippen LogP contribution in [0.5, 0.6) is 5.75 Å². The van der Waals surface area contributed by atoms with Crippen LogP contribution in [0, 0.1) is 0 Å². The Kier molecular flexibility index (Phi) is 7.57. The largest absolute Gasteiger partial charge is 0.494 e. The number of hydrogen-bond donors (Lipinski definition) is 1. The zero-order valence-corrected chi connectivity index (χ0v) is 13.1. The fourth-order valence-electron chi connectivity index (χ4n) is 2.64. The molecular formula is C17H28N2O2. The summed E-state index contributed by atoms with van der Waals surface area (Å²) in [6, 6.07) is 8.34. The lowest BCUT2D eigenvalue weighted by atomic mass is 10.2. The van der Waals surface area contributed by atoms with Gasteiger partial charge in [0.1, 0.15) is 5.75 Å². The van der Waals surface area contributed by atoms with E-state index in [1.54, 1.807) is 7.11 Å². The van der Waals surface area contributed by atoms with E-state index < -0.39 is 0 Å². The minimum atomic E-state index is 0.743. The van der Waals surface area contributed by atoms with Crippen molar-refractivity contribution in [3.05, 3.63) is 29.8 Å². The average Bonchev–Trinajstić information content (AvgIpc) is 3.02. The molecule has 0 radical (unpaired) electrons. The summed E-state index contributed by atoms with van der Waals surface area (Å²) in [5.41, 5.74) is 1.25. The number of benzene rings is 1. The van der Waals surface area contributed by atoms with Crippen LogP contribution in [0.15, 0.2) is 24.3 Å². The SMILES string of the molecule is COCCNCc1cccc(OCCCN2CCCC2)c1. The third-order valence-electron chi connectivity index (χ3n) is 3.80. The molecule has 0 unspecified atom stereocenters. The molecule has 2 rings (SSSR count). The summed E-state index contributed by atoms with van der Waals surface area (Å²) in [4.78, 5) is 2.53. The van der Waals surface area contributed by atoms with Gasteiger partial charge < -0.3 is 19.7 Å². The van der Waals surface area contributed by atoms with Crippen LogP contribution >= 0.6 is 0 Å². The minimum Gasteiger partial charge on any atom is -0.494 e. The molecule has 0 aromatic heterocycles. The molecule has 0 aliphatic carbocycles. The van der Waals surface area contributed by atoms with Crippen molar-refractivity contribution >= 4 is 0 Å². The van der Waals surface area contributed by atoms with Gasteiger partial charge in [0.05, 0.1) is 13.2 Å². The predicted molar refractivity (Wildman–Crippen MR) is 85.8 cm³/mol. The van der Waals surface area contributed by atoms with Gasteiger partial charge in [-0.3, -0.25) is 0 Å². The third kappa shape index (κ3) is 6.46. The topological polar surface area (TPSA) is 33.7 Å². The zero-order chi connectivity index (χ0) is 14.8. The Bertz CT molecular complexity index is 392. The van der Waals surface area contributed by atoms with Crippen LogP contribution in [0.4, 0.5) is 0 Å². The van der Waals surface area contributed by atoms with Crippen LogP contribution in [-0.4, -0.2) is 51.4 Å². The van der Waals surface area contributed by atoms with Crippen LogP contribution in [0.3, 0.4) is 0 Å². The molecule has 21 heavy (non-hydrogen) atoms. The van der Waals surface area contributed by atoms with E-state index in [4.69, 9.17) is 9.47 Å². The van der Waals surface area contributed by atoms with E-state index in [-0.39, 0.29) is 0 Å². The Hall–Kier alpha value is -1.10. The maximum atomic E-state index is 5.85. The normalized spacial score (nSPS) is 15.5. The highest BCUT2D eigenvalue weighted by atomic mass is 16.5. The summed E-state index contributed by atoms with van der Waals surface area (Å²) >= 11 is 0. The summed E-state index contributed by atoms with van der Waals surface area (Å²) < 4.78 is 10.9. The average molecular weight is 292 g/mol. The second-order valence-corrected chi connectivity index (χ2v) is 5.57. The number of rotatable bonds is 10. The van der Waals surface area contributed by atoms with Gasteiger partial charge in [0.15, 0.2) is 0 Å². The molecule has 0 atom stereocenters. The van der Waals surface area contributed by atoms with Gasteiger partial charge in [-0.15, -0.1) is 0 Å². The molecule has 118 valence electrons. The lowest BCUT2D eigenvalue weighted by Crippen LogP contribution is -2.22. The Morgan fingerprint density at radius 2 is 2.05 bits per heavy atom. The first-order valence-electron chi connectivity index (χ1n) is 8.02. The first kappa shape index (κ1) is 16.3. The van der Waals surface area contributed by atoms with Crippen molar-refractivity contribution in [3.8, 4) is 5.75 Å². The molecule has 1 aliphatic heterocycles. The first-order valence-corrected chi connectivity index (χ1v) is 8.02. The quantitative estimate of drug-likeness (QED) is 0.671. The van der Waals surface area contributed by atoms with Crippen LogP contribution < -0.4 is 10.1 Å². The van der Waals surface area contributed by atoms with Gasteiger partial charge in [-0.25, -0.2) is 0 Å². The third-order valence-corrected chi connectivity index (χ3v) is 3.80. The highest BCUT2D eigenvalue weighted by Crippen LogP contribution is 2.14. The molecule has 0 bridgehead atoms. The van der Waals surface area contributed by atoms with Gasteiger partial charge in [-0.2, -0.15) is 0 Å². The number of hydrogen-bond acceptors (Lipinski definition) is 4. The summed E-state index contributed by atoms with van der Waals surface area (Å²) in [6.45, 7) is 6.97. The summed E-state index contributed by atoms with van der Waals surface area (Å²) in [5.74, 6) is 0.975. The van der Waals surface area contributed by atoms with Crippen molar-refractivity contribution < 1.29 is 9.47 Å². The smallest absolute Gasteiger partial charge is 0.119 e. The highest BCUT2D eigenvalue weighted by Gasteiger charge is 2.10. The van der Waals surface area contributed by atoms with E-state index in [9.17, 15) is 0 Å². The second kappa shape index (κ2) is 9.77. The van der Waals surface area contributed by atoms with Gasteiger partial charge in [-0.1, -0.05) is 12.1 Å². The predicted octanol–water partition coefficient (Wildman–Crippen LogP) is 2.29. The number of nitrogens with zero attached hydrogens (tertiary/aromatic N) is 1. The number of ether oxygens (including phenoxy) is 2. The summed E-state index contributed by atoms with van der Waals surface area (Å²) in [7, 11) is 1.72. The van der Waals surface area contributed by atoms with E-state index in [0.717, 1.165) is 45.0 Å². The van der Waals surface area contributed by atoms with Gasteiger partial charge in [0, 0.05) is 26.7 Å². The Morgan fingerprint density at radius 3 is 2.86 bits per heavy atom. The Labute approximate surface area is 128 Å². The standard InChI is InChI=1S/C17H28N2O2/c1-20-13-8-18-15-16-6-4-7-17(14-16)21-12-5-11-19-9-2-3-10-19/h4,6-7,14,18H,2-3,5,8-13,15H2,1H3. The molecule has 1 saturated heterocycles. The fourth-order valence-corrected chi connectivity index (χ4v) is 2.64. The van der Waals surface area contributed by atoms with Crippen molar-refractivity contribution in [1.29, 1.82) is 0 Å². The fraction of sp³-hybridized carbons (Fsp3) is 0.647. The molecular weight excluding hydrogens is 264 g/mol. The van der Waals surface area contributed by atoms with E-state index in [1.165, 1.54) is 31.5 Å². The number of likely N-dealkylation sites (tertiary alicyclic amines) is 1. The second-order valence-electron chi connectivity index (χ2n) is 5.57. The molecule has 4 heteroatoms. The van der Waals surface area contributed by atoms with Crippen molar-refractivity contribution in [2.45, 2.75) is 25.8 Å². The van der Waals surface area contributed by atoms with Crippen LogP contribution in [0.25, 0.3) is 0 Å². The van der Waals surface area contributed by atoms with Crippen molar-refractivity contribution in [3.63, 3.8) is 0 Å². The molecule has 0 spiro atoms. The van der Waals surface area contributed by atoms with Gasteiger partial charge in [-0.05, 0) is 50.0 Å². The lowest BCUT2D eigenvalue weighted by molar-refractivity contribution is 0.199. The van der Waals surface area contributed by atoms with E-state index >= 15 is 0 Å². The molecule has 1 heterocycles. The van der Waals surface area contributed by atoms with E-state index in [2.05, 4.69) is 28.4 Å². The maximum Gasteiger partial charge on any atom is 0.119 e. The molecule has 1 fully saturated rings. The van der Waals surface area contributed by atoms with Gasteiger partial charge >= 0.3 is 0 Å². The molecule has 1 aliphatic rings. The van der Waals surface area contributed by atoms with Crippen molar-refractivity contribution in [2.75, 3.05) is 46.5 Å². The first-order chi connectivity index (χ1) is 10.4. The molecule has 4 nitrogen and oxygen atoms in total. The summed E-state index contributed by atoms with van der Waals surface area (Å²) in [5, 5.41) is 3.35. The summed E-state index contributed by atoms with van der Waals surface area (Å²) in [6.07, 6.45) is 3.83. The molecule has 1 aromatic rings. The van der Waals surface area contributed by atoms with Crippen LogP contribution in [-0.2, 0) is 11.3 Å². The number of methoxy groups -OCH3 is 1. The van der Waals surface area contributed by atoms with Crippen molar-refractivity contribution in [2.24, 2.45) is 0 Å². The molecule has 1 N–H and O–H groups in total. The molecule has 0 saturated carbocycles. The zero-order valence-electron chi connectivity index (χ0n) is 13.1. The van der Waals surface area contributed by atoms with E-state index in [1.807, 2.05) is 6.07 Å².